The fraction of sp³-hybridized carbons (Fsp3) is 0.556. The molecule has 7 heteroatoms. The van der Waals surface area contributed by atoms with E-state index in [4.69, 9.17) is 0 Å². The molecule has 4 aromatic rings. The average molecular weight is 760 g/mol. The largest absolute Gasteiger partial charge is 2.00 e. The molecule has 0 bridgehead atoms. The molecular formula is C36H48N6Pt. The second-order valence-corrected chi connectivity index (χ2v) is 14.5. The molecule has 0 atom stereocenters. The molecule has 0 radical (unpaired) electrons. The van der Waals surface area contributed by atoms with Crippen molar-refractivity contribution in [2.45, 2.75) is 118 Å². The van der Waals surface area contributed by atoms with Crippen LogP contribution in [-0.4, -0.2) is 20.2 Å². The Bertz CT molecular complexity index is 1480. The molecule has 0 aliphatic heterocycles. The molecule has 0 N–H and O–H groups in total. The van der Waals surface area contributed by atoms with Crippen LogP contribution in [0.3, 0.4) is 0 Å². The smallest absolute Gasteiger partial charge is 0.573 e. The molecule has 4 heterocycles. The maximum atomic E-state index is 4.65. The summed E-state index contributed by atoms with van der Waals surface area (Å²) in [4.78, 5) is 9.27. The maximum absolute atomic E-state index is 4.65. The van der Waals surface area contributed by atoms with Crippen molar-refractivity contribution in [3.63, 3.8) is 0 Å². The van der Waals surface area contributed by atoms with Crippen LogP contribution in [0, 0.1) is 11.8 Å². The van der Waals surface area contributed by atoms with Crippen LogP contribution in [0.2, 0.25) is 0 Å². The summed E-state index contributed by atoms with van der Waals surface area (Å²) >= 11 is 0. The van der Waals surface area contributed by atoms with Gasteiger partial charge in [0.2, 0.25) is 0 Å². The molecule has 0 spiro atoms. The van der Waals surface area contributed by atoms with E-state index in [1.54, 1.807) is 0 Å². The molecule has 0 saturated carbocycles. The summed E-state index contributed by atoms with van der Waals surface area (Å²) in [6.45, 7) is 18.1. The monoisotopic (exact) mass is 759 g/mol. The number of aromatic nitrogens is 6. The zero-order chi connectivity index (χ0) is 30.1. The maximum Gasteiger partial charge on any atom is 2.00 e. The van der Waals surface area contributed by atoms with E-state index in [9.17, 15) is 0 Å². The minimum atomic E-state index is 0. The van der Waals surface area contributed by atoms with Gasteiger partial charge in [-0.05, 0) is 103 Å². The van der Waals surface area contributed by atoms with E-state index in [1.807, 2.05) is 12.4 Å². The van der Waals surface area contributed by atoms with Crippen molar-refractivity contribution < 1.29 is 21.1 Å². The molecule has 4 aromatic heterocycles. The molecule has 0 saturated heterocycles. The molecule has 43 heavy (non-hydrogen) atoms. The Morgan fingerprint density at radius 1 is 0.698 bits per heavy atom. The van der Waals surface area contributed by atoms with Gasteiger partial charge < -0.3 is 20.4 Å². The molecular weight excluding hydrogens is 712 g/mol. The number of fused-ring (bicyclic) bond motifs is 2. The molecule has 0 fully saturated rings. The topological polar surface area (TPSA) is 79.8 Å². The first kappa shape index (κ1) is 33.3. The Hall–Kier alpha value is -2.59. The predicted octanol–water partition coefficient (Wildman–Crippen LogP) is 7.82. The van der Waals surface area contributed by atoms with Gasteiger partial charge in [0.05, 0.1) is 0 Å². The summed E-state index contributed by atoms with van der Waals surface area (Å²) in [6.07, 6.45) is 13.1. The SMILES string of the molecule is CC(C)Cc1ccc(-c2[n-]nc3c2C(C)(C)CCC3)nc1.CC(C)Cc1ccc(-c2[n-]nc3c2CCCC3(C)C)nc1.[Pt+2]. The third kappa shape index (κ3) is 7.56. The molecule has 0 aromatic carbocycles. The number of rotatable bonds is 6. The standard InChI is InChI=1S/2C18H24N3.Pt/c1-12(2)10-13-7-8-15(19-11-13)17-16-14(20-21-17)6-5-9-18(16,3)4;1-12(2)10-13-7-8-15(19-11-13)16-14-6-5-9-18(3,4)17(14)21-20-16;/h2*7-8,11-12H,5-6,9-10H2,1-4H3;/q2*-1;+2. The van der Waals surface area contributed by atoms with Crippen molar-refractivity contribution in [2.24, 2.45) is 11.8 Å². The van der Waals surface area contributed by atoms with Gasteiger partial charge in [-0.25, -0.2) is 0 Å². The summed E-state index contributed by atoms with van der Waals surface area (Å²) < 4.78 is 0. The van der Waals surface area contributed by atoms with Gasteiger partial charge in [-0.3, -0.25) is 9.97 Å². The second kappa shape index (κ2) is 13.6. The van der Waals surface area contributed by atoms with Crippen LogP contribution in [0.1, 0.15) is 115 Å². The van der Waals surface area contributed by atoms with E-state index in [-0.39, 0.29) is 31.9 Å². The minimum absolute atomic E-state index is 0. The van der Waals surface area contributed by atoms with Crippen LogP contribution >= 0.6 is 0 Å². The zero-order valence-electron chi connectivity index (χ0n) is 27.3. The van der Waals surface area contributed by atoms with Crippen LogP contribution in [0.15, 0.2) is 36.7 Å². The molecule has 0 unspecified atom stereocenters. The summed E-state index contributed by atoms with van der Waals surface area (Å²) in [5.74, 6) is 1.31. The first-order valence-corrected chi connectivity index (χ1v) is 15.9. The van der Waals surface area contributed by atoms with E-state index in [1.165, 1.54) is 59.3 Å². The number of pyridine rings is 2. The molecule has 0 amide bonds. The number of hydrogen-bond acceptors (Lipinski definition) is 4. The molecule has 2 aliphatic carbocycles. The van der Waals surface area contributed by atoms with Crippen LogP contribution in [0.5, 0.6) is 0 Å². The number of aryl methyl sites for hydroxylation is 1. The quantitative estimate of drug-likeness (QED) is 0.200. The summed E-state index contributed by atoms with van der Waals surface area (Å²) in [6, 6.07) is 8.56. The van der Waals surface area contributed by atoms with E-state index in [2.05, 4.69) is 110 Å². The van der Waals surface area contributed by atoms with Gasteiger partial charge in [-0.1, -0.05) is 78.9 Å². The van der Waals surface area contributed by atoms with Crippen molar-refractivity contribution in [3.8, 4) is 22.8 Å². The van der Waals surface area contributed by atoms with Crippen LogP contribution in [0.4, 0.5) is 0 Å². The Kier molecular flexibility index (Phi) is 10.5. The van der Waals surface area contributed by atoms with Crippen molar-refractivity contribution in [2.75, 3.05) is 0 Å². The third-order valence-electron chi connectivity index (χ3n) is 8.80. The summed E-state index contributed by atoms with van der Waals surface area (Å²) in [7, 11) is 0. The Balaban J connectivity index is 0.000000192. The summed E-state index contributed by atoms with van der Waals surface area (Å²) in [5, 5.41) is 17.8. The van der Waals surface area contributed by atoms with Crippen molar-refractivity contribution in [1.82, 2.24) is 30.4 Å². The van der Waals surface area contributed by atoms with Gasteiger partial charge >= 0.3 is 21.1 Å². The third-order valence-corrected chi connectivity index (χ3v) is 8.80. The van der Waals surface area contributed by atoms with Crippen molar-refractivity contribution >= 4 is 0 Å². The molecule has 6 rings (SSSR count). The normalized spacial score (nSPS) is 16.6. The van der Waals surface area contributed by atoms with Crippen molar-refractivity contribution in [3.05, 3.63) is 70.3 Å². The molecule has 232 valence electrons. The van der Waals surface area contributed by atoms with Gasteiger partial charge in [0.25, 0.3) is 0 Å². The van der Waals surface area contributed by atoms with Gasteiger partial charge in [-0.15, -0.1) is 0 Å². The summed E-state index contributed by atoms with van der Waals surface area (Å²) in [5.41, 5.74) is 11.8. The predicted molar refractivity (Wildman–Crippen MR) is 171 cm³/mol. The first-order chi connectivity index (χ1) is 19.9. The number of hydrogen-bond donors (Lipinski definition) is 0. The number of nitrogens with zero attached hydrogens (tertiary/aromatic N) is 6. The van der Waals surface area contributed by atoms with E-state index >= 15 is 0 Å². The fourth-order valence-corrected chi connectivity index (χ4v) is 6.69. The Labute approximate surface area is 273 Å². The van der Waals surface area contributed by atoms with Crippen molar-refractivity contribution in [1.29, 1.82) is 0 Å². The van der Waals surface area contributed by atoms with Crippen LogP contribution < -0.4 is 10.2 Å². The van der Waals surface area contributed by atoms with Gasteiger partial charge in [0, 0.05) is 40.6 Å². The van der Waals surface area contributed by atoms with Gasteiger partial charge in [0.1, 0.15) is 0 Å². The van der Waals surface area contributed by atoms with Crippen LogP contribution in [0.25, 0.3) is 22.8 Å². The Morgan fingerprint density at radius 3 is 1.79 bits per heavy atom. The second-order valence-electron chi connectivity index (χ2n) is 14.5. The average Bonchev–Trinajstić information content (AvgIpc) is 3.56. The van der Waals surface area contributed by atoms with E-state index in [0.717, 1.165) is 48.5 Å². The van der Waals surface area contributed by atoms with Gasteiger partial charge in [0.15, 0.2) is 0 Å². The molecule has 2 aliphatic rings. The fourth-order valence-electron chi connectivity index (χ4n) is 6.69. The Morgan fingerprint density at radius 2 is 1.23 bits per heavy atom. The van der Waals surface area contributed by atoms with E-state index in [0.29, 0.717) is 11.8 Å². The van der Waals surface area contributed by atoms with Gasteiger partial charge in [-0.2, -0.15) is 0 Å². The molecule has 6 nitrogen and oxygen atoms in total. The zero-order valence-corrected chi connectivity index (χ0v) is 29.5. The first-order valence-electron chi connectivity index (χ1n) is 15.9. The van der Waals surface area contributed by atoms with E-state index < -0.39 is 0 Å². The minimum Gasteiger partial charge on any atom is -0.573 e. The van der Waals surface area contributed by atoms with Crippen LogP contribution in [-0.2, 0) is 57.6 Å².